The van der Waals surface area contributed by atoms with Gasteiger partial charge in [-0.3, -0.25) is 4.79 Å². The average Bonchev–Trinajstić information content (AvgIpc) is 3.17. The van der Waals surface area contributed by atoms with Crippen LogP contribution in [0.2, 0.25) is 5.02 Å². The van der Waals surface area contributed by atoms with E-state index in [-0.39, 0.29) is 11.7 Å². The van der Waals surface area contributed by atoms with Crippen molar-refractivity contribution in [2.75, 3.05) is 11.9 Å². The predicted octanol–water partition coefficient (Wildman–Crippen LogP) is 4.89. The fraction of sp³-hybridized carbons (Fsp3) is 0.0870. The maximum absolute atomic E-state index is 13.2. The Hall–Kier alpha value is -3.44. The number of ketones is 1. The molecule has 0 aliphatic carbocycles. The molecule has 0 amide bonds. The van der Waals surface area contributed by atoms with Crippen molar-refractivity contribution >= 4 is 35.2 Å². The number of anilines is 1. The summed E-state index contributed by atoms with van der Waals surface area (Å²) in [6.45, 7) is 0.472. The first-order valence-electron chi connectivity index (χ1n) is 9.07. The number of aliphatic carboxylic acids is 1. The van der Waals surface area contributed by atoms with E-state index >= 15 is 0 Å². The Balaban J connectivity index is 1.74. The normalized spacial score (nSPS) is 15.1. The van der Waals surface area contributed by atoms with Crippen LogP contribution in [-0.4, -0.2) is 28.4 Å². The summed E-state index contributed by atoms with van der Waals surface area (Å²) in [6, 6.07) is 16.3. The zero-order valence-corrected chi connectivity index (χ0v) is 16.1. The van der Waals surface area contributed by atoms with Crippen LogP contribution in [0.4, 0.5) is 5.82 Å². The molecule has 0 saturated heterocycles. The van der Waals surface area contributed by atoms with Crippen molar-refractivity contribution in [1.82, 2.24) is 4.98 Å². The van der Waals surface area contributed by atoms with Crippen molar-refractivity contribution in [2.45, 2.75) is 5.92 Å². The Bertz CT molecular complexity index is 1120. The molecule has 0 fully saturated rings. The zero-order valence-electron chi connectivity index (χ0n) is 15.3. The molecule has 144 valence electrons. The maximum atomic E-state index is 13.2. The van der Waals surface area contributed by atoms with Gasteiger partial charge in [-0.2, -0.15) is 0 Å². The molecule has 2 heterocycles. The van der Waals surface area contributed by atoms with Crippen LogP contribution >= 0.6 is 11.6 Å². The highest BCUT2D eigenvalue weighted by atomic mass is 35.5. The quantitative estimate of drug-likeness (QED) is 0.467. The van der Waals surface area contributed by atoms with E-state index in [1.165, 1.54) is 0 Å². The van der Waals surface area contributed by atoms with Gasteiger partial charge in [0.15, 0.2) is 5.78 Å². The number of nitrogens with one attached hydrogen (secondary N) is 1. The van der Waals surface area contributed by atoms with E-state index in [4.69, 9.17) is 16.7 Å². The van der Waals surface area contributed by atoms with Crippen LogP contribution in [-0.2, 0) is 4.79 Å². The minimum Gasteiger partial charge on any atom is -0.478 e. The number of hydrogen-bond acceptors (Lipinski definition) is 4. The van der Waals surface area contributed by atoms with Crippen LogP contribution < -0.4 is 5.32 Å². The molecule has 0 saturated carbocycles. The first-order valence-corrected chi connectivity index (χ1v) is 9.45. The van der Waals surface area contributed by atoms with Gasteiger partial charge in [-0.05, 0) is 59.2 Å². The third-order valence-corrected chi connectivity index (χ3v) is 5.13. The molecule has 2 N–H and O–H groups in total. The molecule has 0 spiro atoms. The molecule has 1 atom stereocenters. The lowest BCUT2D eigenvalue weighted by Gasteiger charge is -2.14. The maximum Gasteiger partial charge on any atom is 0.328 e. The molecule has 29 heavy (non-hydrogen) atoms. The number of carbonyl (C=O) groups is 2. The molecule has 6 heteroatoms. The van der Waals surface area contributed by atoms with E-state index in [1.54, 1.807) is 36.5 Å². The summed E-state index contributed by atoms with van der Waals surface area (Å²) in [7, 11) is 0. The first kappa shape index (κ1) is 18.9. The second-order valence-electron chi connectivity index (χ2n) is 6.72. The molecule has 3 aromatic rings. The van der Waals surface area contributed by atoms with Gasteiger partial charge in [0.25, 0.3) is 0 Å². The Labute approximate surface area is 172 Å². The molecule has 0 radical (unpaired) electrons. The number of pyridine rings is 1. The second kappa shape index (κ2) is 7.89. The van der Waals surface area contributed by atoms with Crippen LogP contribution in [0.15, 0.2) is 66.9 Å². The van der Waals surface area contributed by atoms with Crippen molar-refractivity contribution < 1.29 is 14.7 Å². The molecule has 1 aromatic heterocycles. The van der Waals surface area contributed by atoms with E-state index in [1.807, 2.05) is 30.3 Å². The molecule has 5 nitrogen and oxygen atoms in total. The number of hydrogen-bond donors (Lipinski definition) is 2. The van der Waals surface area contributed by atoms with E-state index in [0.29, 0.717) is 22.9 Å². The van der Waals surface area contributed by atoms with Crippen LogP contribution in [0.3, 0.4) is 0 Å². The zero-order chi connectivity index (χ0) is 20.4. The number of carboxylic acid groups (broad SMARTS) is 1. The van der Waals surface area contributed by atoms with Crippen LogP contribution in [0.1, 0.15) is 27.4 Å². The summed E-state index contributed by atoms with van der Waals surface area (Å²) in [5.41, 5.74) is 4.02. The van der Waals surface area contributed by atoms with Crippen molar-refractivity contribution in [3.8, 4) is 11.1 Å². The number of nitrogens with zero attached hydrogens (tertiary/aromatic N) is 1. The van der Waals surface area contributed by atoms with Gasteiger partial charge in [0, 0.05) is 35.0 Å². The minimum atomic E-state index is -1.00. The molecule has 0 bridgehead atoms. The third-order valence-electron chi connectivity index (χ3n) is 4.87. The summed E-state index contributed by atoms with van der Waals surface area (Å²) in [5, 5.41) is 12.7. The SMILES string of the molecule is O=C(O)/C=C/c1cccc(-c2ccnc3c2C(C(=O)c2ccc(Cl)cc2)CN3)c1. The number of fused-ring (bicyclic) bond motifs is 1. The molecule has 4 rings (SSSR count). The summed E-state index contributed by atoms with van der Waals surface area (Å²) >= 11 is 5.95. The van der Waals surface area contributed by atoms with E-state index < -0.39 is 5.97 Å². The fourth-order valence-electron chi connectivity index (χ4n) is 3.54. The number of benzene rings is 2. The number of aromatic nitrogens is 1. The number of carbonyl (C=O) groups excluding carboxylic acids is 1. The smallest absolute Gasteiger partial charge is 0.328 e. The minimum absolute atomic E-state index is 0.00379. The molecule has 1 aliphatic rings. The number of halogens is 1. The van der Waals surface area contributed by atoms with Crippen LogP contribution in [0, 0.1) is 0 Å². The lowest BCUT2D eigenvalue weighted by atomic mass is 9.88. The third kappa shape index (κ3) is 3.91. The van der Waals surface area contributed by atoms with Gasteiger partial charge in [-0.15, -0.1) is 0 Å². The van der Waals surface area contributed by atoms with E-state index in [2.05, 4.69) is 10.3 Å². The first-order chi connectivity index (χ1) is 14.0. The van der Waals surface area contributed by atoms with Gasteiger partial charge in [-0.25, -0.2) is 9.78 Å². The van der Waals surface area contributed by atoms with Gasteiger partial charge in [0.1, 0.15) is 5.82 Å². The number of rotatable bonds is 5. The largest absolute Gasteiger partial charge is 0.478 e. The average molecular weight is 405 g/mol. The molecule has 1 unspecified atom stereocenters. The predicted molar refractivity (Wildman–Crippen MR) is 113 cm³/mol. The Morgan fingerprint density at radius 1 is 1.14 bits per heavy atom. The van der Waals surface area contributed by atoms with Crippen LogP contribution in [0.5, 0.6) is 0 Å². The van der Waals surface area contributed by atoms with Gasteiger partial charge < -0.3 is 10.4 Å². The molecule has 2 aromatic carbocycles. The summed E-state index contributed by atoms with van der Waals surface area (Å²) in [5.74, 6) is -0.670. The fourth-order valence-corrected chi connectivity index (χ4v) is 3.66. The Morgan fingerprint density at radius 3 is 2.69 bits per heavy atom. The van der Waals surface area contributed by atoms with E-state index in [9.17, 15) is 9.59 Å². The highest BCUT2D eigenvalue weighted by Crippen LogP contribution is 2.39. The van der Waals surface area contributed by atoms with Crippen molar-refractivity contribution in [2.24, 2.45) is 0 Å². The Morgan fingerprint density at radius 2 is 1.93 bits per heavy atom. The van der Waals surface area contributed by atoms with Crippen molar-refractivity contribution in [3.05, 3.63) is 88.6 Å². The Kier molecular flexibility index (Phi) is 5.14. The topological polar surface area (TPSA) is 79.3 Å². The molecular weight excluding hydrogens is 388 g/mol. The summed E-state index contributed by atoms with van der Waals surface area (Å²) < 4.78 is 0. The van der Waals surface area contributed by atoms with Crippen molar-refractivity contribution in [1.29, 1.82) is 0 Å². The van der Waals surface area contributed by atoms with Gasteiger partial charge in [-0.1, -0.05) is 29.8 Å². The lowest BCUT2D eigenvalue weighted by Crippen LogP contribution is -2.15. The van der Waals surface area contributed by atoms with Gasteiger partial charge in [0.2, 0.25) is 0 Å². The lowest BCUT2D eigenvalue weighted by molar-refractivity contribution is -0.131. The highest BCUT2D eigenvalue weighted by molar-refractivity contribution is 6.30. The molecule has 1 aliphatic heterocycles. The second-order valence-corrected chi connectivity index (χ2v) is 7.16. The van der Waals surface area contributed by atoms with Gasteiger partial charge in [0.05, 0.1) is 5.92 Å². The number of carboxylic acids is 1. The highest BCUT2D eigenvalue weighted by Gasteiger charge is 2.32. The number of Topliss-reactive ketones (excluding diaryl/α,β-unsaturated/α-hetero) is 1. The monoisotopic (exact) mass is 404 g/mol. The van der Waals surface area contributed by atoms with E-state index in [0.717, 1.165) is 28.3 Å². The van der Waals surface area contributed by atoms with Crippen LogP contribution in [0.25, 0.3) is 17.2 Å². The standard InChI is InChI=1S/C23H17ClN2O3/c24-17-7-5-15(6-8-17)22(29)19-13-26-23-21(19)18(10-11-25-23)16-3-1-2-14(12-16)4-9-20(27)28/h1-12,19H,13H2,(H,25,26)(H,27,28)/b9-4+. The van der Waals surface area contributed by atoms with Gasteiger partial charge >= 0.3 is 5.97 Å². The summed E-state index contributed by atoms with van der Waals surface area (Å²) in [4.78, 5) is 28.4. The summed E-state index contributed by atoms with van der Waals surface area (Å²) in [6.07, 6.45) is 4.35. The molecular formula is C23H17ClN2O3. The van der Waals surface area contributed by atoms with Crippen molar-refractivity contribution in [3.63, 3.8) is 0 Å².